The molecule has 1 aliphatic carbocycles. The molecule has 0 amide bonds. The van der Waals surface area contributed by atoms with Crippen molar-refractivity contribution < 1.29 is 14.6 Å². The fourth-order valence-electron chi connectivity index (χ4n) is 3.44. The second-order valence-electron chi connectivity index (χ2n) is 5.96. The molecule has 114 valence electrons. The molecule has 1 aromatic carbocycles. The number of ether oxygens (including phenoxy) is 1. The lowest BCUT2D eigenvalue weighted by Gasteiger charge is -2.29. The van der Waals surface area contributed by atoms with Gasteiger partial charge in [-0.3, -0.25) is 9.69 Å². The van der Waals surface area contributed by atoms with Crippen molar-refractivity contribution in [2.45, 2.75) is 44.2 Å². The third-order valence-electron chi connectivity index (χ3n) is 4.38. The Hall–Kier alpha value is -1.07. The van der Waals surface area contributed by atoms with Gasteiger partial charge in [-0.15, -0.1) is 0 Å². The summed E-state index contributed by atoms with van der Waals surface area (Å²) in [6.07, 6.45) is 5.56. The molecule has 4 nitrogen and oxygen atoms in total. The molecule has 1 unspecified atom stereocenters. The first kappa shape index (κ1) is 14.9. The molecule has 2 aliphatic rings. The summed E-state index contributed by atoms with van der Waals surface area (Å²) in [5.74, 6) is 0.185. The SMILES string of the molecule is O=C(O)CN(CC1Cc2cc(Br)ccc2O1)C1CCCC1. The van der Waals surface area contributed by atoms with Crippen LogP contribution in [-0.2, 0) is 11.2 Å². The molecule has 1 saturated carbocycles. The van der Waals surface area contributed by atoms with Gasteiger partial charge in [0.15, 0.2) is 0 Å². The number of nitrogens with zero attached hydrogens (tertiary/aromatic N) is 1. The average molecular weight is 354 g/mol. The third kappa shape index (κ3) is 3.58. The van der Waals surface area contributed by atoms with E-state index >= 15 is 0 Å². The van der Waals surface area contributed by atoms with Crippen LogP contribution in [0, 0.1) is 0 Å². The molecule has 1 atom stereocenters. The van der Waals surface area contributed by atoms with Gasteiger partial charge in [0, 0.05) is 23.5 Å². The predicted molar refractivity (Wildman–Crippen MR) is 83.7 cm³/mol. The molecule has 0 bridgehead atoms. The van der Waals surface area contributed by atoms with Gasteiger partial charge in [-0.2, -0.15) is 0 Å². The number of rotatable bonds is 5. The van der Waals surface area contributed by atoms with E-state index in [-0.39, 0.29) is 12.6 Å². The molecule has 0 spiro atoms. The first-order chi connectivity index (χ1) is 10.1. The largest absolute Gasteiger partial charge is 0.488 e. The van der Waals surface area contributed by atoms with Gasteiger partial charge in [-0.1, -0.05) is 28.8 Å². The number of carboxylic acids is 1. The summed E-state index contributed by atoms with van der Waals surface area (Å²) in [7, 11) is 0. The second-order valence-corrected chi connectivity index (χ2v) is 6.87. The van der Waals surface area contributed by atoms with Crippen LogP contribution in [0.2, 0.25) is 0 Å². The van der Waals surface area contributed by atoms with Crippen molar-refractivity contribution in [3.05, 3.63) is 28.2 Å². The molecule has 0 aromatic heterocycles. The zero-order chi connectivity index (χ0) is 14.8. The van der Waals surface area contributed by atoms with Gasteiger partial charge in [0.1, 0.15) is 11.9 Å². The minimum absolute atomic E-state index is 0.0641. The average Bonchev–Trinajstić information content (AvgIpc) is 3.05. The number of fused-ring (bicyclic) bond motifs is 1. The van der Waals surface area contributed by atoms with Crippen molar-refractivity contribution in [2.75, 3.05) is 13.1 Å². The normalized spacial score (nSPS) is 21.5. The molecule has 1 aliphatic heterocycles. The van der Waals surface area contributed by atoms with E-state index in [0.29, 0.717) is 12.6 Å². The minimum Gasteiger partial charge on any atom is -0.488 e. The van der Waals surface area contributed by atoms with Crippen LogP contribution in [0.3, 0.4) is 0 Å². The first-order valence-corrected chi connectivity index (χ1v) is 8.32. The topological polar surface area (TPSA) is 49.8 Å². The van der Waals surface area contributed by atoms with Crippen LogP contribution in [0.15, 0.2) is 22.7 Å². The van der Waals surface area contributed by atoms with Gasteiger partial charge >= 0.3 is 5.97 Å². The van der Waals surface area contributed by atoms with Crippen molar-refractivity contribution in [3.8, 4) is 5.75 Å². The van der Waals surface area contributed by atoms with Gasteiger partial charge in [0.25, 0.3) is 0 Å². The van der Waals surface area contributed by atoms with Gasteiger partial charge in [-0.05, 0) is 36.6 Å². The van der Waals surface area contributed by atoms with Crippen molar-refractivity contribution in [1.29, 1.82) is 0 Å². The zero-order valence-corrected chi connectivity index (χ0v) is 13.5. The number of carboxylic acid groups (broad SMARTS) is 1. The first-order valence-electron chi connectivity index (χ1n) is 7.53. The lowest BCUT2D eigenvalue weighted by molar-refractivity contribution is -0.139. The summed E-state index contributed by atoms with van der Waals surface area (Å²) in [5, 5.41) is 9.14. The highest BCUT2D eigenvalue weighted by atomic mass is 79.9. The van der Waals surface area contributed by atoms with Crippen LogP contribution in [0.4, 0.5) is 0 Å². The van der Waals surface area contributed by atoms with Gasteiger partial charge in [-0.25, -0.2) is 0 Å². The van der Waals surface area contributed by atoms with Crippen LogP contribution in [0.1, 0.15) is 31.2 Å². The summed E-state index contributed by atoms with van der Waals surface area (Å²) in [6.45, 7) is 0.813. The molecule has 1 aromatic rings. The van der Waals surface area contributed by atoms with E-state index in [1.54, 1.807) is 0 Å². The van der Waals surface area contributed by atoms with Crippen LogP contribution in [0.25, 0.3) is 0 Å². The quantitative estimate of drug-likeness (QED) is 0.883. The Morgan fingerprint density at radius 1 is 1.38 bits per heavy atom. The Kier molecular flexibility index (Phi) is 4.50. The van der Waals surface area contributed by atoms with Crippen LogP contribution >= 0.6 is 15.9 Å². The molecule has 1 fully saturated rings. The second kappa shape index (κ2) is 6.36. The highest BCUT2D eigenvalue weighted by molar-refractivity contribution is 9.10. The Morgan fingerprint density at radius 3 is 2.86 bits per heavy atom. The molecule has 1 N–H and O–H groups in total. The van der Waals surface area contributed by atoms with Gasteiger partial charge in [0.05, 0.1) is 6.54 Å². The molecule has 5 heteroatoms. The Balaban J connectivity index is 1.65. The maximum absolute atomic E-state index is 11.1. The lowest BCUT2D eigenvalue weighted by Crippen LogP contribution is -2.43. The van der Waals surface area contributed by atoms with E-state index in [0.717, 1.165) is 29.5 Å². The van der Waals surface area contributed by atoms with E-state index in [1.165, 1.54) is 18.4 Å². The van der Waals surface area contributed by atoms with Crippen LogP contribution < -0.4 is 4.74 Å². The van der Waals surface area contributed by atoms with E-state index in [1.807, 2.05) is 12.1 Å². The molecular weight excluding hydrogens is 334 g/mol. The number of aliphatic carboxylic acids is 1. The third-order valence-corrected chi connectivity index (χ3v) is 4.87. The zero-order valence-electron chi connectivity index (χ0n) is 11.9. The number of benzene rings is 1. The molecule has 3 rings (SSSR count). The monoisotopic (exact) mass is 353 g/mol. The van der Waals surface area contributed by atoms with Crippen molar-refractivity contribution >= 4 is 21.9 Å². The van der Waals surface area contributed by atoms with E-state index in [9.17, 15) is 4.79 Å². The number of halogens is 1. The number of hydrogen-bond donors (Lipinski definition) is 1. The minimum atomic E-state index is -0.750. The predicted octanol–water partition coefficient (Wildman–Crippen LogP) is 3.08. The molecule has 0 radical (unpaired) electrons. The standard InChI is InChI=1S/C16H20BrNO3/c17-12-5-6-15-11(7-12)8-14(21-15)9-18(10-16(19)20)13-3-1-2-4-13/h5-7,13-14H,1-4,8-10H2,(H,19,20). The number of hydrogen-bond acceptors (Lipinski definition) is 3. The van der Waals surface area contributed by atoms with Gasteiger partial charge in [0.2, 0.25) is 0 Å². The lowest BCUT2D eigenvalue weighted by atomic mass is 10.1. The fraction of sp³-hybridized carbons (Fsp3) is 0.562. The summed E-state index contributed by atoms with van der Waals surface area (Å²) in [5.41, 5.74) is 1.20. The molecule has 1 heterocycles. The summed E-state index contributed by atoms with van der Waals surface area (Å²) < 4.78 is 7.04. The number of carbonyl (C=O) groups is 1. The van der Waals surface area contributed by atoms with Crippen molar-refractivity contribution in [1.82, 2.24) is 4.90 Å². The van der Waals surface area contributed by atoms with Crippen molar-refractivity contribution in [2.24, 2.45) is 0 Å². The Bertz CT molecular complexity index is 528. The summed E-state index contributed by atoms with van der Waals surface area (Å²) in [4.78, 5) is 13.2. The molecule has 21 heavy (non-hydrogen) atoms. The van der Waals surface area contributed by atoms with E-state index < -0.39 is 5.97 Å². The molecular formula is C16H20BrNO3. The Labute approximate surface area is 133 Å². The smallest absolute Gasteiger partial charge is 0.317 e. The van der Waals surface area contributed by atoms with Crippen molar-refractivity contribution in [3.63, 3.8) is 0 Å². The molecule has 0 saturated heterocycles. The van der Waals surface area contributed by atoms with Gasteiger partial charge < -0.3 is 9.84 Å². The maximum Gasteiger partial charge on any atom is 0.317 e. The highest BCUT2D eigenvalue weighted by Gasteiger charge is 2.30. The van der Waals surface area contributed by atoms with E-state index in [2.05, 4.69) is 26.9 Å². The summed E-state index contributed by atoms with van der Waals surface area (Å²) in [6, 6.07) is 6.45. The van der Waals surface area contributed by atoms with Crippen LogP contribution in [-0.4, -0.2) is 41.2 Å². The Morgan fingerprint density at radius 2 is 2.14 bits per heavy atom. The van der Waals surface area contributed by atoms with E-state index in [4.69, 9.17) is 9.84 Å². The highest BCUT2D eigenvalue weighted by Crippen LogP contribution is 2.32. The maximum atomic E-state index is 11.1. The fourth-order valence-corrected chi connectivity index (χ4v) is 3.85. The summed E-state index contributed by atoms with van der Waals surface area (Å²) >= 11 is 3.48. The van der Waals surface area contributed by atoms with Crippen LogP contribution in [0.5, 0.6) is 5.75 Å².